The van der Waals surface area contributed by atoms with Crippen molar-refractivity contribution < 1.29 is 46.2 Å². The lowest BCUT2D eigenvalue weighted by Crippen LogP contribution is -3.00. The van der Waals surface area contributed by atoms with Gasteiger partial charge in [-0.05, 0) is 26.0 Å². The Morgan fingerprint density at radius 3 is 1.35 bits per heavy atom. The lowest BCUT2D eigenvalue weighted by Gasteiger charge is -2.20. The van der Waals surface area contributed by atoms with Gasteiger partial charge in [0.2, 0.25) is 12.4 Å². The molecule has 0 radical (unpaired) electrons. The van der Waals surface area contributed by atoms with Gasteiger partial charge >= 0.3 is 0 Å². The van der Waals surface area contributed by atoms with Crippen molar-refractivity contribution in [3.63, 3.8) is 0 Å². The van der Waals surface area contributed by atoms with E-state index in [0.717, 1.165) is 13.1 Å². The zero-order valence-electron chi connectivity index (χ0n) is 21.2. The van der Waals surface area contributed by atoms with Crippen molar-refractivity contribution in [1.29, 1.82) is 0 Å². The summed E-state index contributed by atoms with van der Waals surface area (Å²) in [6, 6.07) is 27.3. The molecule has 2 heterocycles. The summed E-state index contributed by atoms with van der Waals surface area (Å²) in [6.07, 6.45) is 6.22. The van der Waals surface area contributed by atoms with Crippen molar-refractivity contribution in [3.8, 4) is 11.5 Å². The van der Waals surface area contributed by atoms with Crippen molar-refractivity contribution in [2.24, 2.45) is 0 Å². The number of carbonyl (C=O) groups is 1. The van der Waals surface area contributed by atoms with Crippen LogP contribution in [-0.4, -0.2) is 34.3 Å². The van der Waals surface area contributed by atoms with Gasteiger partial charge in [-0.2, -0.15) is 9.13 Å². The minimum atomic E-state index is -1.09. The first kappa shape index (κ1) is 31.1. The number of carbonyl (C=O) groups excluding carboxylic acids is 1. The Morgan fingerprint density at radius 1 is 0.703 bits per heavy atom. The van der Waals surface area contributed by atoms with Crippen LogP contribution >= 0.6 is 0 Å². The maximum Gasteiger partial charge on any atom is 0.211 e. The zero-order valence-corrected chi connectivity index (χ0v) is 22.7. The van der Waals surface area contributed by atoms with E-state index in [1.807, 2.05) is 70.1 Å². The van der Waals surface area contributed by atoms with E-state index in [-0.39, 0.29) is 17.0 Å². The second-order valence-electron chi connectivity index (χ2n) is 7.88. The molecule has 0 saturated heterocycles. The number of nitrogens with zero attached hydrogens (tertiary/aromatic N) is 3. The molecule has 1 amide bonds. The number of hydrogen-bond acceptors (Lipinski definition) is 4. The molecule has 0 spiro atoms. The molecule has 196 valence electrons. The number of pyridine rings is 2. The molecular weight excluding hydrogens is 534 g/mol. The number of rotatable bonds is 6. The number of benzene rings is 2. The van der Waals surface area contributed by atoms with Crippen LogP contribution in [0.2, 0.25) is 0 Å². The highest BCUT2D eigenvalue weighted by Crippen LogP contribution is 2.03. The summed E-state index contributed by atoms with van der Waals surface area (Å²) >= 11 is 0. The third-order valence-corrected chi connectivity index (χ3v) is 5.12. The van der Waals surface area contributed by atoms with Crippen molar-refractivity contribution >= 4 is 6.09 Å². The third-order valence-electron chi connectivity index (χ3n) is 5.12. The van der Waals surface area contributed by atoms with Gasteiger partial charge in [0.1, 0.15) is 6.09 Å². The van der Waals surface area contributed by atoms with Gasteiger partial charge in [0.05, 0.1) is 0 Å². The number of aromatic hydroxyl groups is 2. The predicted molar refractivity (Wildman–Crippen MR) is 136 cm³/mol. The molecule has 8 heteroatoms. The van der Waals surface area contributed by atoms with Crippen LogP contribution in [-0.2, 0) is 13.1 Å². The predicted octanol–water partition coefficient (Wildman–Crippen LogP) is 0.132. The molecule has 4 rings (SSSR count). The normalized spacial score (nSPS) is 9.46. The van der Waals surface area contributed by atoms with Crippen LogP contribution < -0.4 is 31.2 Å². The summed E-state index contributed by atoms with van der Waals surface area (Å²) in [5.74, 6) is 0.590. The smallest absolute Gasteiger partial charge is 0.211 e. The Morgan fingerprint density at radius 2 is 1.08 bits per heavy atom. The first-order chi connectivity index (χ1) is 17.4. The van der Waals surface area contributed by atoms with E-state index in [1.54, 1.807) is 38.4 Å². The summed E-state index contributed by atoms with van der Waals surface area (Å²) in [4.78, 5) is 11.2. The van der Waals surface area contributed by atoms with Gasteiger partial charge in [0.15, 0.2) is 37.0 Å². The van der Waals surface area contributed by atoms with Crippen LogP contribution in [0.4, 0.5) is 4.79 Å². The third kappa shape index (κ3) is 12.6. The van der Waals surface area contributed by atoms with E-state index in [0.29, 0.717) is 24.6 Å². The molecule has 0 aliphatic rings. The lowest BCUT2D eigenvalue weighted by molar-refractivity contribution is -0.688. The number of hydrogen-bond donors (Lipinski definition) is 2. The van der Waals surface area contributed by atoms with Crippen LogP contribution in [0.25, 0.3) is 0 Å². The second kappa shape index (κ2) is 17.5. The summed E-state index contributed by atoms with van der Waals surface area (Å²) in [6.45, 7) is 6.15. The molecule has 0 bridgehead atoms. The molecule has 0 fully saturated rings. The average molecular weight is 569 g/mol. The lowest BCUT2D eigenvalue weighted by atomic mass is 10.2. The number of carboxylic acid groups (broad SMARTS) is 1. The molecule has 4 aromatic rings. The largest absolute Gasteiger partial charge is 1.00 e. The van der Waals surface area contributed by atoms with E-state index >= 15 is 0 Å². The molecule has 0 aliphatic carbocycles. The van der Waals surface area contributed by atoms with Gasteiger partial charge in [0.25, 0.3) is 0 Å². The molecule has 7 nitrogen and oxygen atoms in total. The Bertz CT molecular complexity index is 1090. The Labute approximate surface area is 229 Å². The van der Waals surface area contributed by atoms with Crippen molar-refractivity contribution in [3.05, 3.63) is 121 Å². The molecule has 0 aliphatic heterocycles. The van der Waals surface area contributed by atoms with Crippen molar-refractivity contribution in [1.82, 2.24) is 4.90 Å². The maximum absolute atomic E-state index is 9.98. The number of halogens is 1. The van der Waals surface area contributed by atoms with Gasteiger partial charge in [-0.3, -0.25) is 0 Å². The van der Waals surface area contributed by atoms with Gasteiger partial charge in [-0.1, -0.05) is 60.7 Å². The van der Waals surface area contributed by atoms with E-state index in [4.69, 9.17) is 0 Å². The van der Waals surface area contributed by atoms with E-state index in [1.165, 1.54) is 16.0 Å². The summed E-state index contributed by atoms with van der Waals surface area (Å²) < 4.78 is 3.90. The molecule has 2 aromatic carbocycles. The average Bonchev–Trinajstić information content (AvgIpc) is 2.87. The van der Waals surface area contributed by atoms with Gasteiger partial charge in [-0.15, -0.1) is 0 Å². The SMILES string of the molecule is CCN(CC)C(=O)[O-].Oc1ccc[n+](Cc2ccccc2)c1.Oc1ccc[n+](Cc2ccccc2)c1.[Br-]. The fraction of sp³-hybridized carbons (Fsp3) is 0.207. The Kier molecular flexibility index (Phi) is 14.7. The van der Waals surface area contributed by atoms with Crippen LogP contribution in [0.1, 0.15) is 25.0 Å². The molecular formula is C29H34BrN3O4. The van der Waals surface area contributed by atoms with Crippen molar-refractivity contribution in [2.45, 2.75) is 26.9 Å². The van der Waals surface area contributed by atoms with E-state index in [2.05, 4.69) is 24.3 Å². The maximum atomic E-state index is 9.98. The van der Waals surface area contributed by atoms with Gasteiger partial charge in [0, 0.05) is 36.3 Å². The number of amides is 1. The summed E-state index contributed by atoms with van der Waals surface area (Å²) in [7, 11) is 0. The summed E-state index contributed by atoms with van der Waals surface area (Å²) in [5, 5.41) is 28.5. The highest BCUT2D eigenvalue weighted by atomic mass is 79.9. The Hall–Kier alpha value is -3.91. The molecule has 0 saturated carbocycles. The fourth-order valence-electron chi connectivity index (χ4n) is 3.28. The summed E-state index contributed by atoms with van der Waals surface area (Å²) in [5.41, 5.74) is 2.45. The molecule has 0 atom stereocenters. The monoisotopic (exact) mass is 567 g/mol. The van der Waals surface area contributed by atoms with Crippen molar-refractivity contribution in [2.75, 3.05) is 13.1 Å². The minimum absolute atomic E-state index is 0. The van der Waals surface area contributed by atoms with Crippen LogP contribution in [0.15, 0.2) is 110 Å². The topological polar surface area (TPSA) is 91.6 Å². The molecule has 37 heavy (non-hydrogen) atoms. The van der Waals surface area contributed by atoms with Gasteiger partial charge < -0.3 is 42.0 Å². The fourth-order valence-corrected chi connectivity index (χ4v) is 3.28. The zero-order chi connectivity index (χ0) is 26.2. The standard InChI is InChI=1S/2C12H11NO.C5H11NO2.BrH/c2*14-12-7-4-8-13(10-12)9-11-5-2-1-3-6-11;1-3-6(4-2)5(7)8;/h2*1-8,10H,9H2;3-4H2,1-2H3,(H,7,8);1H. The highest BCUT2D eigenvalue weighted by molar-refractivity contribution is 5.62. The van der Waals surface area contributed by atoms with Crippen LogP contribution in [0.3, 0.4) is 0 Å². The highest BCUT2D eigenvalue weighted by Gasteiger charge is 2.03. The van der Waals surface area contributed by atoms with Crippen LogP contribution in [0, 0.1) is 0 Å². The number of aromatic nitrogens is 2. The Balaban J connectivity index is 0.000000286. The quantitative estimate of drug-likeness (QED) is 0.324. The molecule has 2 N–H and O–H groups in total. The van der Waals surface area contributed by atoms with E-state index < -0.39 is 6.09 Å². The van der Waals surface area contributed by atoms with E-state index in [9.17, 15) is 20.1 Å². The van der Waals surface area contributed by atoms with Crippen LogP contribution in [0.5, 0.6) is 11.5 Å². The molecule has 2 aromatic heterocycles. The van der Waals surface area contributed by atoms with Gasteiger partial charge in [-0.25, -0.2) is 0 Å². The first-order valence-electron chi connectivity index (χ1n) is 11.8. The molecule has 0 unspecified atom stereocenters. The second-order valence-corrected chi connectivity index (χ2v) is 7.88. The first-order valence-corrected chi connectivity index (χ1v) is 11.8. The minimum Gasteiger partial charge on any atom is -1.00 e.